The Labute approximate surface area is 78.7 Å². The fourth-order valence-electron chi connectivity index (χ4n) is 1.47. The highest BCUT2D eigenvalue weighted by Gasteiger charge is 2.24. The molecule has 0 aliphatic carbocycles. The Morgan fingerprint density at radius 3 is 2.92 bits per heavy atom. The highest BCUT2D eigenvalue weighted by molar-refractivity contribution is 4.90. The second kappa shape index (κ2) is 4.05. The van der Waals surface area contributed by atoms with Gasteiger partial charge in [-0.15, -0.1) is 0 Å². The third-order valence-electron chi connectivity index (χ3n) is 1.91. The lowest BCUT2D eigenvalue weighted by Crippen LogP contribution is -2.47. The quantitative estimate of drug-likeness (QED) is 0.655. The Balaban J connectivity index is 2.40. The van der Waals surface area contributed by atoms with Crippen LogP contribution >= 0.6 is 0 Å². The van der Waals surface area contributed by atoms with Crippen molar-refractivity contribution in [1.82, 2.24) is 4.90 Å². The van der Waals surface area contributed by atoms with Crippen molar-refractivity contribution in [3.8, 4) is 6.07 Å². The molecule has 1 heterocycles. The largest absolute Gasteiger partial charge is 0.389 e. The summed E-state index contributed by atoms with van der Waals surface area (Å²) in [5, 5.41) is 18.2. The van der Waals surface area contributed by atoms with E-state index in [2.05, 4.69) is 11.0 Å². The van der Waals surface area contributed by atoms with E-state index in [1.165, 1.54) is 0 Å². The van der Waals surface area contributed by atoms with Gasteiger partial charge >= 0.3 is 0 Å². The molecule has 1 N–H and O–H groups in total. The van der Waals surface area contributed by atoms with Gasteiger partial charge in [0.15, 0.2) is 6.10 Å². The number of rotatable bonds is 2. The van der Waals surface area contributed by atoms with Crippen LogP contribution in [-0.4, -0.2) is 48.0 Å². The molecule has 1 fully saturated rings. The second-order valence-electron chi connectivity index (χ2n) is 4.04. The van der Waals surface area contributed by atoms with Crippen LogP contribution in [0.2, 0.25) is 0 Å². The number of β-amino-alcohol motifs (C(OH)–C–C–N with tert-alkyl or cyclic N) is 1. The van der Waals surface area contributed by atoms with Crippen molar-refractivity contribution in [1.29, 1.82) is 5.26 Å². The molecule has 1 atom stereocenters. The van der Waals surface area contributed by atoms with Gasteiger partial charge in [-0.3, -0.25) is 4.90 Å². The van der Waals surface area contributed by atoms with Crippen molar-refractivity contribution in [2.24, 2.45) is 0 Å². The minimum Gasteiger partial charge on any atom is -0.389 e. The molecule has 0 bridgehead atoms. The predicted octanol–water partition coefficient (Wildman–Crippen LogP) is -0.0183. The third-order valence-corrected chi connectivity index (χ3v) is 1.91. The Morgan fingerprint density at radius 2 is 2.38 bits per heavy atom. The van der Waals surface area contributed by atoms with Gasteiger partial charge in [0, 0.05) is 19.6 Å². The SMILES string of the molecule is CC(C)(O)CN1CCOC(C#N)C1. The van der Waals surface area contributed by atoms with Crippen LogP contribution in [0.15, 0.2) is 0 Å². The van der Waals surface area contributed by atoms with Crippen molar-refractivity contribution in [3.63, 3.8) is 0 Å². The summed E-state index contributed by atoms with van der Waals surface area (Å²) < 4.78 is 5.19. The lowest BCUT2D eigenvalue weighted by Gasteiger charge is -2.33. The molecule has 1 aliphatic heterocycles. The van der Waals surface area contributed by atoms with Gasteiger partial charge in [0.25, 0.3) is 0 Å². The van der Waals surface area contributed by atoms with Gasteiger partial charge < -0.3 is 9.84 Å². The van der Waals surface area contributed by atoms with Gasteiger partial charge in [-0.05, 0) is 13.8 Å². The molecule has 4 nitrogen and oxygen atoms in total. The van der Waals surface area contributed by atoms with E-state index in [1.54, 1.807) is 13.8 Å². The van der Waals surface area contributed by atoms with E-state index in [0.29, 0.717) is 19.7 Å². The number of nitrogens with zero attached hydrogens (tertiary/aromatic N) is 2. The summed E-state index contributed by atoms with van der Waals surface area (Å²) in [5.41, 5.74) is -0.697. The first-order chi connectivity index (χ1) is 6.01. The van der Waals surface area contributed by atoms with Crippen LogP contribution in [0.1, 0.15) is 13.8 Å². The van der Waals surface area contributed by atoms with E-state index in [4.69, 9.17) is 10.00 Å². The van der Waals surface area contributed by atoms with Crippen LogP contribution in [0.3, 0.4) is 0 Å². The molecule has 0 saturated carbocycles. The molecule has 0 aromatic rings. The fourth-order valence-corrected chi connectivity index (χ4v) is 1.47. The summed E-state index contributed by atoms with van der Waals surface area (Å²) >= 11 is 0. The molecule has 1 aliphatic rings. The highest BCUT2D eigenvalue weighted by atomic mass is 16.5. The molecular formula is C9H16N2O2. The molecule has 0 amide bonds. The first kappa shape index (κ1) is 10.5. The van der Waals surface area contributed by atoms with Crippen LogP contribution in [0.5, 0.6) is 0 Å². The summed E-state index contributed by atoms with van der Waals surface area (Å²) in [6.45, 7) is 6.10. The summed E-state index contributed by atoms with van der Waals surface area (Å²) in [7, 11) is 0. The van der Waals surface area contributed by atoms with Crippen molar-refractivity contribution in [3.05, 3.63) is 0 Å². The van der Waals surface area contributed by atoms with Crippen molar-refractivity contribution >= 4 is 0 Å². The molecule has 4 heteroatoms. The maximum atomic E-state index is 9.56. The lowest BCUT2D eigenvalue weighted by molar-refractivity contribution is -0.0352. The zero-order chi connectivity index (χ0) is 9.90. The highest BCUT2D eigenvalue weighted by Crippen LogP contribution is 2.09. The molecule has 74 valence electrons. The number of nitriles is 1. The number of morpholine rings is 1. The Bertz CT molecular complexity index is 205. The standard InChI is InChI=1S/C9H16N2O2/c1-9(2,12)7-11-3-4-13-8(5-10)6-11/h8,12H,3-4,6-7H2,1-2H3. The van der Waals surface area contributed by atoms with E-state index in [9.17, 15) is 5.11 Å². The number of hydrogen-bond donors (Lipinski definition) is 1. The minimum atomic E-state index is -0.697. The Kier molecular flexibility index (Phi) is 3.26. The summed E-state index contributed by atoms with van der Waals surface area (Å²) in [4.78, 5) is 2.05. The fraction of sp³-hybridized carbons (Fsp3) is 0.889. The maximum Gasteiger partial charge on any atom is 0.156 e. The number of ether oxygens (including phenoxy) is 1. The van der Waals surface area contributed by atoms with Gasteiger partial charge in [0.05, 0.1) is 18.3 Å². The molecule has 13 heavy (non-hydrogen) atoms. The summed E-state index contributed by atoms with van der Waals surface area (Å²) in [5.74, 6) is 0. The monoisotopic (exact) mass is 184 g/mol. The van der Waals surface area contributed by atoms with Crippen LogP contribution in [0.4, 0.5) is 0 Å². The average molecular weight is 184 g/mol. The van der Waals surface area contributed by atoms with Gasteiger partial charge in [0.1, 0.15) is 0 Å². The maximum absolute atomic E-state index is 9.56. The number of aliphatic hydroxyl groups is 1. The van der Waals surface area contributed by atoms with Crippen molar-refractivity contribution in [2.45, 2.75) is 25.6 Å². The van der Waals surface area contributed by atoms with E-state index in [-0.39, 0.29) is 6.10 Å². The molecular weight excluding hydrogens is 168 g/mol. The van der Waals surface area contributed by atoms with Gasteiger partial charge in [0.2, 0.25) is 0 Å². The molecule has 0 aromatic heterocycles. The molecule has 0 spiro atoms. The van der Waals surface area contributed by atoms with Gasteiger partial charge in [-0.1, -0.05) is 0 Å². The zero-order valence-corrected chi connectivity index (χ0v) is 8.16. The lowest BCUT2D eigenvalue weighted by atomic mass is 10.1. The van der Waals surface area contributed by atoms with E-state index < -0.39 is 5.60 Å². The molecule has 0 aromatic carbocycles. The number of hydrogen-bond acceptors (Lipinski definition) is 4. The average Bonchev–Trinajstić information content (AvgIpc) is 2.01. The Morgan fingerprint density at radius 1 is 1.69 bits per heavy atom. The van der Waals surface area contributed by atoms with Crippen LogP contribution < -0.4 is 0 Å². The van der Waals surface area contributed by atoms with Crippen molar-refractivity contribution < 1.29 is 9.84 Å². The van der Waals surface area contributed by atoms with E-state index >= 15 is 0 Å². The smallest absolute Gasteiger partial charge is 0.156 e. The predicted molar refractivity (Wildman–Crippen MR) is 48.1 cm³/mol. The Hall–Kier alpha value is -0.630. The first-order valence-corrected chi connectivity index (χ1v) is 4.47. The van der Waals surface area contributed by atoms with Crippen LogP contribution in [0, 0.1) is 11.3 Å². The summed E-state index contributed by atoms with van der Waals surface area (Å²) in [6.07, 6.45) is -0.337. The minimum absolute atomic E-state index is 0.337. The molecule has 1 rings (SSSR count). The van der Waals surface area contributed by atoms with Gasteiger partial charge in [-0.2, -0.15) is 5.26 Å². The first-order valence-electron chi connectivity index (χ1n) is 4.47. The summed E-state index contributed by atoms with van der Waals surface area (Å²) in [6, 6.07) is 2.07. The molecule has 1 saturated heterocycles. The molecule has 0 radical (unpaired) electrons. The van der Waals surface area contributed by atoms with E-state index in [0.717, 1.165) is 6.54 Å². The topological polar surface area (TPSA) is 56.5 Å². The van der Waals surface area contributed by atoms with Crippen molar-refractivity contribution in [2.75, 3.05) is 26.2 Å². The normalized spacial score (nSPS) is 25.5. The molecule has 1 unspecified atom stereocenters. The third kappa shape index (κ3) is 3.73. The van der Waals surface area contributed by atoms with Crippen LogP contribution in [-0.2, 0) is 4.74 Å². The van der Waals surface area contributed by atoms with Crippen LogP contribution in [0.25, 0.3) is 0 Å². The second-order valence-corrected chi connectivity index (χ2v) is 4.04. The van der Waals surface area contributed by atoms with E-state index in [1.807, 2.05) is 0 Å². The van der Waals surface area contributed by atoms with Gasteiger partial charge in [-0.25, -0.2) is 0 Å². The zero-order valence-electron chi connectivity index (χ0n) is 8.16.